The quantitative estimate of drug-likeness (QED) is 0.844. The Bertz CT molecular complexity index is 476. The number of hydrogen-bond donors (Lipinski definition) is 2. The maximum absolute atomic E-state index is 9.59. The second-order valence-electron chi connectivity index (χ2n) is 6.63. The molecule has 1 aliphatic heterocycles. The Labute approximate surface area is 131 Å². The van der Waals surface area contributed by atoms with E-state index in [1.54, 1.807) is 0 Å². The second kappa shape index (κ2) is 6.89. The summed E-state index contributed by atoms with van der Waals surface area (Å²) in [6.45, 7) is 6.36. The summed E-state index contributed by atoms with van der Waals surface area (Å²) in [6, 6.07) is 0.372. The van der Waals surface area contributed by atoms with Gasteiger partial charge in [0.2, 0.25) is 5.95 Å². The van der Waals surface area contributed by atoms with Gasteiger partial charge in [-0.05, 0) is 12.8 Å². The highest BCUT2D eigenvalue weighted by Gasteiger charge is 2.37. The van der Waals surface area contributed by atoms with Gasteiger partial charge >= 0.3 is 0 Å². The molecule has 0 aromatic carbocycles. The van der Waals surface area contributed by atoms with Gasteiger partial charge in [-0.3, -0.25) is 0 Å². The number of ether oxygens (including phenoxy) is 1. The van der Waals surface area contributed by atoms with Crippen molar-refractivity contribution in [3.63, 3.8) is 0 Å². The molecular formula is C16H26N4O2. The largest absolute Gasteiger partial charge is 0.396 e. The molecule has 1 aromatic heterocycles. The lowest BCUT2D eigenvalue weighted by Gasteiger charge is -2.30. The molecule has 0 unspecified atom stereocenters. The molecule has 0 radical (unpaired) electrons. The minimum Gasteiger partial charge on any atom is -0.396 e. The fraction of sp³-hybridized carbons (Fsp3) is 0.750. The number of hydrogen-bond acceptors (Lipinski definition) is 6. The maximum atomic E-state index is 9.59. The topological polar surface area (TPSA) is 70.5 Å². The van der Waals surface area contributed by atoms with Gasteiger partial charge in [0.25, 0.3) is 0 Å². The van der Waals surface area contributed by atoms with Crippen LogP contribution in [0.25, 0.3) is 0 Å². The SMILES string of the molecule is C[C@]1(CO)CCC[C@@H]1NCc1cnc(N2CCOCC2)nc1. The molecule has 2 aliphatic rings. The Kier molecular flexibility index (Phi) is 4.90. The molecule has 0 amide bonds. The van der Waals surface area contributed by atoms with Gasteiger partial charge in [0.15, 0.2) is 0 Å². The summed E-state index contributed by atoms with van der Waals surface area (Å²) in [4.78, 5) is 11.1. The Morgan fingerprint density at radius 1 is 1.36 bits per heavy atom. The number of morpholine rings is 1. The summed E-state index contributed by atoms with van der Waals surface area (Å²) in [5.74, 6) is 0.785. The van der Waals surface area contributed by atoms with E-state index in [1.165, 1.54) is 6.42 Å². The van der Waals surface area contributed by atoms with Gasteiger partial charge in [-0.1, -0.05) is 13.3 Å². The molecule has 22 heavy (non-hydrogen) atoms. The Hall–Kier alpha value is -1.24. The summed E-state index contributed by atoms with van der Waals surface area (Å²) in [6.07, 6.45) is 7.20. The number of anilines is 1. The van der Waals surface area contributed by atoms with Crippen LogP contribution in [0.2, 0.25) is 0 Å². The van der Waals surface area contributed by atoms with Crippen LogP contribution in [0.15, 0.2) is 12.4 Å². The molecule has 2 N–H and O–H groups in total. The zero-order chi connectivity index (χ0) is 15.4. The third-order valence-electron chi connectivity index (χ3n) is 4.98. The Balaban J connectivity index is 1.55. The van der Waals surface area contributed by atoms with E-state index in [0.29, 0.717) is 6.04 Å². The van der Waals surface area contributed by atoms with Crippen molar-refractivity contribution in [2.24, 2.45) is 5.41 Å². The van der Waals surface area contributed by atoms with Crippen molar-refractivity contribution in [3.05, 3.63) is 18.0 Å². The zero-order valence-electron chi connectivity index (χ0n) is 13.3. The number of nitrogens with one attached hydrogen (secondary N) is 1. The Morgan fingerprint density at radius 2 is 2.09 bits per heavy atom. The van der Waals surface area contributed by atoms with Crippen LogP contribution < -0.4 is 10.2 Å². The van der Waals surface area contributed by atoms with Gasteiger partial charge in [0.05, 0.1) is 13.2 Å². The summed E-state index contributed by atoms with van der Waals surface area (Å²) in [5, 5.41) is 13.2. The van der Waals surface area contributed by atoms with Crippen molar-refractivity contribution in [1.29, 1.82) is 0 Å². The van der Waals surface area contributed by atoms with Crippen molar-refractivity contribution in [2.45, 2.75) is 38.8 Å². The van der Waals surface area contributed by atoms with Gasteiger partial charge in [0, 0.05) is 55.7 Å². The summed E-state index contributed by atoms with van der Waals surface area (Å²) in [7, 11) is 0. The van der Waals surface area contributed by atoms with E-state index in [9.17, 15) is 5.11 Å². The molecule has 1 aliphatic carbocycles. The zero-order valence-corrected chi connectivity index (χ0v) is 13.3. The van der Waals surface area contributed by atoms with Gasteiger partial charge in [-0.15, -0.1) is 0 Å². The van der Waals surface area contributed by atoms with Crippen LogP contribution in [0.1, 0.15) is 31.7 Å². The standard InChI is InChI=1S/C16H26N4O2/c1-16(12-21)4-2-3-14(16)17-9-13-10-18-15(19-11-13)20-5-7-22-8-6-20/h10-11,14,17,21H,2-9,12H2,1H3/t14-,16+/m0/s1. The lowest BCUT2D eigenvalue weighted by Crippen LogP contribution is -2.41. The second-order valence-corrected chi connectivity index (χ2v) is 6.63. The van der Waals surface area contributed by atoms with Gasteiger partial charge in [-0.2, -0.15) is 0 Å². The van der Waals surface area contributed by atoms with Crippen LogP contribution in [-0.4, -0.2) is 54.0 Å². The number of aliphatic hydroxyl groups excluding tert-OH is 1. The minimum atomic E-state index is 0.00853. The average Bonchev–Trinajstić information content (AvgIpc) is 2.96. The van der Waals surface area contributed by atoms with E-state index in [4.69, 9.17) is 4.74 Å². The highest BCUT2D eigenvalue weighted by Crippen LogP contribution is 2.37. The van der Waals surface area contributed by atoms with Crippen LogP contribution >= 0.6 is 0 Å². The number of aromatic nitrogens is 2. The lowest BCUT2D eigenvalue weighted by atomic mass is 9.86. The molecule has 3 rings (SSSR count). The van der Waals surface area contributed by atoms with Gasteiger partial charge < -0.3 is 20.1 Å². The highest BCUT2D eigenvalue weighted by molar-refractivity contribution is 5.30. The molecule has 1 saturated heterocycles. The third kappa shape index (κ3) is 3.39. The first kappa shape index (κ1) is 15.6. The third-order valence-corrected chi connectivity index (χ3v) is 4.98. The predicted octanol–water partition coefficient (Wildman–Crippen LogP) is 0.954. The van der Waals surface area contributed by atoms with Crippen molar-refractivity contribution in [1.82, 2.24) is 15.3 Å². The van der Waals surface area contributed by atoms with Crippen LogP contribution in [-0.2, 0) is 11.3 Å². The molecule has 1 saturated carbocycles. The molecule has 6 heteroatoms. The molecule has 2 heterocycles. The van der Waals surface area contributed by atoms with E-state index < -0.39 is 0 Å². The number of aliphatic hydroxyl groups is 1. The van der Waals surface area contributed by atoms with Crippen LogP contribution in [0, 0.1) is 5.41 Å². The number of nitrogens with zero attached hydrogens (tertiary/aromatic N) is 3. The highest BCUT2D eigenvalue weighted by atomic mass is 16.5. The average molecular weight is 306 g/mol. The van der Waals surface area contributed by atoms with Crippen LogP contribution in [0.5, 0.6) is 0 Å². The fourth-order valence-corrected chi connectivity index (χ4v) is 3.38. The smallest absolute Gasteiger partial charge is 0.225 e. The first-order chi connectivity index (χ1) is 10.7. The van der Waals surface area contributed by atoms with Crippen LogP contribution in [0.4, 0.5) is 5.95 Å². The summed E-state index contributed by atoms with van der Waals surface area (Å²) >= 11 is 0. The van der Waals surface area contributed by atoms with Crippen molar-refractivity contribution in [2.75, 3.05) is 37.8 Å². The van der Waals surface area contributed by atoms with E-state index in [-0.39, 0.29) is 12.0 Å². The Morgan fingerprint density at radius 3 is 2.77 bits per heavy atom. The normalized spacial score (nSPS) is 29.0. The van der Waals surface area contributed by atoms with Crippen molar-refractivity contribution >= 4 is 5.95 Å². The summed E-state index contributed by atoms with van der Waals surface area (Å²) in [5.41, 5.74) is 1.10. The van der Waals surface area contributed by atoms with Crippen molar-refractivity contribution in [3.8, 4) is 0 Å². The molecular weight excluding hydrogens is 280 g/mol. The molecule has 0 spiro atoms. The van der Waals surface area contributed by atoms with E-state index >= 15 is 0 Å². The molecule has 122 valence electrons. The predicted molar refractivity (Wildman–Crippen MR) is 84.7 cm³/mol. The molecule has 2 atom stereocenters. The van der Waals surface area contributed by atoms with E-state index in [2.05, 4.69) is 27.1 Å². The molecule has 2 fully saturated rings. The van der Waals surface area contributed by atoms with E-state index in [1.807, 2.05) is 12.4 Å². The molecule has 0 bridgehead atoms. The first-order valence-electron chi connectivity index (χ1n) is 8.19. The molecule has 6 nitrogen and oxygen atoms in total. The van der Waals surface area contributed by atoms with Gasteiger partial charge in [-0.25, -0.2) is 9.97 Å². The van der Waals surface area contributed by atoms with E-state index in [0.717, 1.165) is 57.2 Å². The van der Waals surface area contributed by atoms with Crippen molar-refractivity contribution < 1.29 is 9.84 Å². The monoisotopic (exact) mass is 306 g/mol. The van der Waals surface area contributed by atoms with Crippen LogP contribution in [0.3, 0.4) is 0 Å². The summed E-state index contributed by atoms with van der Waals surface area (Å²) < 4.78 is 5.34. The maximum Gasteiger partial charge on any atom is 0.225 e. The minimum absolute atomic E-state index is 0.00853. The first-order valence-corrected chi connectivity index (χ1v) is 8.19. The van der Waals surface area contributed by atoms with Gasteiger partial charge in [0.1, 0.15) is 0 Å². The lowest BCUT2D eigenvalue weighted by molar-refractivity contribution is 0.118. The molecule has 1 aromatic rings. The number of rotatable bonds is 5. The fourth-order valence-electron chi connectivity index (χ4n) is 3.38.